The molecule has 2 aliphatic rings. The van der Waals surface area contributed by atoms with E-state index in [4.69, 9.17) is 0 Å². The van der Waals surface area contributed by atoms with Crippen molar-refractivity contribution in [2.45, 2.75) is 64.0 Å². The highest BCUT2D eigenvalue weighted by molar-refractivity contribution is 5.80. The minimum atomic E-state index is -0.234. The van der Waals surface area contributed by atoms with Gasteiger partial charge in [0.1, 0.15) is 0 Å². The number of piperidine rings is 1. The Kier molecular flexibility index (Phi) is 3.24. The van der Waals surface area contributed by atoms with E-state index in [0.717, 1.165) is 25.8 Å². The van der Waals surface area contributed by atoms with Crippen LogP contribution in [0.1, 0.15) is 52.4 Å². The average Bonchev–Trinajstić information content (AvgIpc) is 2.67. The molecule has 1 saturated heterocycles. The van der Waals surface area contributed by atoms with Crippen molar-refractivity contribution in [2.24, 2.45) is 5.92 Å². The summed E-state index contributed by atoms with van der Waals surface area (Å²) in [5.41, 5.74) is -0.169. The Morgan fingerprint density at radius 1 is 1.25 bits per heavy atom. The number of hydrogen-bond donors (Lipinski definition) is 1. The molecule has 1 amide bonds. The summed E-state index contributed by atoms with van der Waals surface area (Å²) in [6.07, 6.45) is 5.75. The maximum atomic E-state index is 12.4. The van der Waals surface area contributed by atoms with E-state index in [2.05, 4.69) is 13.8 Å². The largest absolute Gasteiger partial charge is 0.393 e. The average molecular weight is 225 g/mol. The SMILES string of the molecule is CC1(C)CC(O)CCN1C(=O)C1CCCC1. The minimum Gasteiger partial charge on any atom is -0.393 e. The third-order valence-corrected chi connectivity index (χ3v) is 4.12. The Bertz CT molecular complexity index is 269. The van der Waals surface area contributed by atoms with Gasteiger partial charge in [-0.15, -0.1) is 0 Å². The Balaban J connectivity index is 2.04. The van der Waals surface area contributed by atoms with Gasteiger partial charge in [-0.05, 0) is 39.5 Å². The Labute approximate surface area is 97.8 Å². The van der Waals surface area contributed by atoms with Crippen LogP contribution in [0.5, 0.6) is 0 Å². The fourth-order valence-electron chi connectivity index (χ4n) is 3.17. The molecule has 0 spiro atoms. The van der Waals surface area contributed by atoms with Crippen molar-refractivity contribution in [1.82, 2.24) is 4.90 Å². The molecule has 2 rings (SSSR count). The third-order valence-electron chi connectivity index (χ3n) is 4.12. The number of aliphatic hydroxyl groups excluding tert-OH is 1. The highest BCUT2D eigenvalue weighted by Crippen LogP contribution is 2.33. The molecule has 1 atom stereocenters. The van der Waals surface area contributed by atoms with Crippen molar-refractivity contribution < 1.29 is 9.90 Å². The molecule has 16 heavy (non-hydrogen) atoms. The first-order chi connectivity index (χ1) is 7.50. The minimum absolute atomic E-state index is 0.169. The van der Waals surface area contributed by atoms with Gasteiger partial charge in [0.2, 0.25) is 5.91 Å². The normalized spacial score (nSPS) is 30.7. The predicted molar refractivity (Wildman–Crippen MR) is 63.0 cm³/mol. The molecule has 1 unspecified atom stereocenters. The van der Waals surface area contributed by atoms with Gasteiger partial charge in [0.15, 0.2) is 0 Å². The van der Waals surface area contributed by atoms with E-state index in [1.807, 2.05) is 4.90 Å². The summed E-state index contributed by atoms with van der Waals surface area (Å²) in [6, 6.07) is 0. The van der Waals surface area contributed by atoms with E-state index < -0.39 is 0 Å². The van der Waals surface area contributed by atoms with Crippen LogP contribution in [-0.2, 0) is 4.79 Å². The fourth-order valence-corrected chi connectivity index (χ4v) is 3.17. The topological polar surface area (TPSA) is 40.5 Å². The molecule has 3 heteroatoms. The summed E-state index contributed by atoms with van der Waals surface area (Å²) in [7, 11) is 0. The number of carbonyl (C=O) groups is 1. The molecule has 3 nitrogen and oxygen atoms in total. The van der Waals surface area contributed by atoms with E-state index in [1.165, 1.54) is 12.8 Å². The Morgan fingerprint density at radius 2 is 1.88 bits per heavy atom. The van der Waals surface area contributed by atoms with Crippen LogP contribution in [0.15, 0.2) is 0 Å². The summed E-state index contributed by atoms with van der Waals surface area (Å²) in [5.74, 6) is 0.587. The Hall–Kier alpha value is -0.570. The number of carbonyl (C=O) groups excluding carboxylic acids is 1. The maximum Gasteiger partial charge on any atom is 0.226 e. The summed E-state index contributed by atoms with van der Waals surface area (Å²) in [4.78, 5) is 14.4. The first kappa shape index (κ1) is 11.9. The van der Waals surface area contributed by atoms with Gasteiger partial charge in [-0.3, -0.25) is 4.79 Å². The second kappa shape index (κ2) is 4.36. The molecule has 1 saturated carbocycles. The smallest absolute Gasteiger partial charge is 0.226 e. The zero-order valence-corrected chi connectivity index (χ0v) is 10.4. The lowest BCUT2D eigenvalue weighted by atomic mass is 9.87. The van der Waals surface area contributed by atoms with Gasteiger partial charge in [-0.25, -0.2) is 0 Å². The molecule has 1 aliphatic heterocycles. The van der Waals surface area contributed by atoms with Gasteiger partial charge in [0.25, 0.3) is 0 Å². The lowest BCUT2D eigenvalue weighted by Gasteiger charge is -2.45. The van der Waals surface area contributed by atoms with Crippen molar-refractivity contribution in [2.75, 3.05) is 6.54 Å². The summed E-state index contributed by atoms with van der Waals surface area (Å²) in [6.45, 7) is 4.87. The zero-order valence-electron chi connectivity index (χ0n) is 10.4. The lowest BCUT2D eigenvalue weighted by Crippen LogP contribution is -2.55. The van der Waals surface area contributed by atoms with Crippen LogP contribution in [0.4, 0.5) is 0 Å². The first-order valence-electron chi connectivity index (χ1n) is 6.50. The molecule has 1 N–H and O–H groups in total. The predicted octanol–water partition coefficient (Wildman–Crippen LogP) is 1.94. The molecular formula is C13H23NO2. The standard InChI is InChI=1S/C13H23NO2/c1-13(2)9-11(15)7-8-14(13)12(16)10-5-3-4-6-10/h10-11,15H,3-9H2,1-2H3. The summed E-state index contributed by atoms with van der Waals surface area (Å²) >= 11 is 0. The summed E-state index contributed by atoms with van der Waals surface area (Å²) in [5, 5.41) is 9.67. The van der Waals surface area contributed by atoms with Crippen molar-refractivity contribution in [3.63, 3.8) is 0 Å². The van der Waals surface area contributed by atoms with E-state index in [9.17, 15) is 9.90 Å². The molecule has 2 fully saturated rings. The molecule has 0 aromatic rings. The van der Waals surface area contributed by atoms with Crippen molar-refractivity contribution in [1.29, 1.82) is 0 Å². The van der Waals surface area contributed by atoms with Crippen molar-refractivity contribution in [3.8, 4) is 0 Å². The highest BCUT2D eigenvalue weighted by atomic mass is 16.3. The number of rotatable bonds is 1. The van der Waals surface area contributed by atoms with Crippen LogP contribution in [0, 0.1) is 5.92 Å². The van der Waals surface area contributed by atoms with Gasteiger partial charge in [-0.1, -0.05) is 12.8 Å². The van der Waals surface area contributed by atoms with Crippen LogP contribution in [0.2, 0.25) is 0 Å². The zero-order chi connectivity index (χ0) is 11.8. The number of nitrogens with zero attached hydrogens (tertiary/aromatic N) is 1. The van der Waals surface area contributed by atoms with Crippen LogP contribution in [0.25, 0.3) is 0 Å². The second-order valence-electron chi connectivity index (χ2n) is 5.93. The molecule has 0 radical (unpaired) electrons. The van der Waals surface area contributed by atoms with Crippen LogP contribution >= 0.6 is 0 Å². The van der Waals surface area contributed by atoms with Crippen LogP contribution in [0.3, 0.4) is 0 Å². The molecule has 1 heterocycles. The van der Waals surface area contributed by atoms with E-state index in [1.54, 1.807) is 0 Å². The maximum absolute atomic E-state index is 12.4. The number of amides is 1. The van der Waals surface area contributed by atoms with Gasteiger partial charge in [0, 0.05) is 18.0 Å². The molecule has 0 aromatic heterocycles. The number of aliphatic hydroxyl groups is 1. The molecule has 1 aliphatic carbocycles. The third kappa shape index (κ3) is 2.24. The Morgan fingerprint density at radius 3 is 2.44 bits per heavy atom. The van der Waals surface area contributed by atoms with Crippen molar-refractivity contribution in [3.05, 3.63) is 0 Å². The van der Waals surface area contributed by atoms with E-state index in [-0.39, 0.29) is 17.6 Å². The fraction of sp³-hybridized carbons (Fsp3) is 0.923. The number of likely N-dealkylation sites (tertiary alicyclic amines) is 1. The second-order valence-corrected chi connectivity index (χ2v) is 5.93. The van der Waals surface area contributed by atoms with Gasteiger partial charge in [-0.2, -0.15) is 0 Å². The number of hydrogen-bond acceptors (Lipinski definition) is 2. The molecule has 0 aromatic carbocycles. The highest BCUT2D eigenvalue weighted by Gasteiger charge is 2.39. The molecule has 0 bridgehead atoms. The monoisotopic (exact) mass is 225 g/mol. The van der Waals surface area contributed by atoms with Gasteiger partial charge >= 0.3 is 0 Å². The van der Waals surface area contributed by atoms with E-state index >= 15 is 0 Å². The summed E-state index contributed by atoms with van der Waals surface area (Å²) < 4.78 is 0. The van der Waals surface area contributed by atoms with Crippen LogP contribution in [-0.4, -0.2) is 34.1 Å². The molecule has 92 valence electrons. The van der Waals surface area contributed by atoms with Crippen LogP contribution < -0.4 is 0 Å². The van der Waals surface area contributed by atoms with Crippen molar-refractivity contribution >= 4 is 5.91 Å². The molecular weight excluding hydrogens is 202 g/mol. The lowest BCUT2D eigenvalue weighted by molar-refractivity contribution is -0.145. The van der Waals surface area contributed by atoms with Gasteiger partial charge < -0.3 is 10.0 Å². The van der Waals surface area contributed by atoms with Gasteiger partial charge in [0.05, 0.1) is 6.10 Å². The van der Waals surface area contributed by atoms with E-state index in [0.29, 0.717) is 12.3 Å². The quantitative estimate of drug-likeness (QED) is 0.741. The first-order valence-corrected chi connectivity index (χ1v) is 6.50.